The molecule has 0 spiro atoms. The lowest BCUT2D eigenvalue weighted by Crippen LogP contribution is -2.37. The minimum Gasteiger partial charge on any atom is -0.452 e. The zero-order valence-corrected chi connectivity index (χ0v) is 15.7. The van der Waals surface area contributed by atoms with Gasteiger partial charge in [-0.3, -0.25) is 9.59 Å². The number of carbonyl (C=O) groups excluding carboxylic acids is 3. The molecule has 0 saturated carbocycles. The number of nitrogens with one attached hydrogen (secondary N) is 1. The normalized spacial score (nSPS) is 10.2. The van der Waals surface area contributed by atoms with Crippen LogP contribution in [0.1, 0.15) is 15.9 Å². The summed E-state index contributed by atoms with van der Waals surface area (Å²) in [4.78, 5) is 37.3. The number of hydrogen-bond acceptors (Lipinski definition) is 5. The van der Waals surface area contributed by atoms with Crippen molar-refractivity contribution in [2.45, 2.75) is 6.92 Å². The molecule has 0 saturated heterocycles. The Balaban J connectivity index is 1.84. The van der Waals surface area contributed by atoms with Gasteiger partial charge in [0.25, 0.3) is 5.91 Å². The molecule has 2 rings (SSSR count). The molecule has 0 unspecified atom stereocenters. The van der Waals surface area contributed by atoms with Crippen molar-refractivity contribution in [2.24, 2.45) is 0 Å². The summed E-state index contributed by atoms with van der Waals surface area (Å²) >= 11 is 5.82. The topological polar surface area (TPSA) is 102 Å². The van der Waals surface area contributed by atoms with E-state index in [0.29, 0.717) is 10.7 Å². The third-order valence-electron chi connectivity index (χ3n) is 3.70. The maximum Gasteiger partial charge on any atom is 0.340 e. The smallest absolute Gasteiger partial charge is 0.340 e. The monoisotopic (exact) mass is 389 g/mol. The highest BCUT2D eigenvalue weighted by molar-refractivity contribution is 6.31. The van der Waals surface area contributed by atoms with E-state index in [-0.39, 0.29) is 23.7 Å². The van der Waals surface area contributed by atoms with Crippen LogP contribution in [0.2, 0.25) is 5.02 Å². The van der Waals surface area contributed by atoms with Crippen molar-refractivity contribution in [3.8, 4) is 0 Å². The average molecular weight is 390 g/mol. The van der Waals surface area contributed by atoms with Gasteiger partial charge in [0.1, 0.15) is 0 Å². The van der Waals surface area contributed by atoms with Gasteiger partial charge in [0.2, 0.25) is 5.91 Å². The predicted molar refractivity (Wildman–Crippen MR) is 104 cm³/mol. The van der Waals surface area contributed by atoms with Crippen molar-refractivity contribution in [3.63, 3.8) is 0 Å². The maximum absolute atomic E-state index is 12.1. The highest BCUT2D eigenvalue weighted by Crippen LogP contribution is 2.18. The van der Waals surface area contributed by atoms with Gasteiger partial charge in [-0.25, -0.2) is 4.79 Å². The highest BCUT2D eigenvalue weighted by Gasteiger charge is 2.17. The fourth-order valence-electron chi connectivity index (χ4n) is 2.16. The Labute approximate surface area is 162 Å². The second-order valence-corrected chi connectivity index (χ2v) is 6.41. The maximum atomic E-state index is 12.1. The van der Waals surface area contributed by atoms with Crippen molar-refractivity contribution in [1.29, 1.82) is 0 Å². The van der Waals surface area contributed by atoms with E-state index in [1.165, 1.54) is 19.2 Å². The molecular weight excluding hydrogens is 370 g/mol. The van der Waals surface area contributed by atoms with Crippen molar-refractivity contribution in [2.75, 3.05) is 31.2 Å². The van der Waals surface area contributed by atoms with E-state index in [9.17, 15) is 14.4 Å². The number of halogens is 1. The first-order chi connectivity index (χ1) is 12.8. The number of nitrogens with zero attached hydrogens (tertiary/aromatic N) is 1. The van der Waals surface area contributed by atoms with Gasteiger partial charge in [-0.1, -0.05) is 29.3 Å². The van der Waals surface area contributed by atoms with Crippen LogP contribution >= 0.6 is 11.6 Å². The Morgan fingerprint density at radius 2 is 1.81 bits per heavy atom. The summed E-state index contributed by atoms with van der Waals surface area (Å²) in [5.74, 6) is -1.65. The lowest BCUT2D eigenvalue weighted by Gasteiger charge is -2.17. The largest absolute Gasteiger partial charge is 0.452 e. The highest BCUT2D eigenvalue weighted by atomic mass is 35.5. The van der Waals surface area contributed by atoms with Gasteiger partial charge < -0.3 is 20.7 Å². The molecule has 7 nitrogen and oxygen atoms in total. The molecule has 0 bridgehead atoms. The third-order valence-corrected chi connectivity index (χ3v) is 3.94. The summed E-state index contributed by atoms with van der Waals surface area (Å²) in [7, 11) is 1.44. The zero-order valence-electron chi connectivity index (χ0n) is 15.0. The molecule has 0 radical (unpaired) electrons. The van der Waals surface area contributed by atoms with Gasteiger partial charge in [-0.05, 0) is 37.3 Å². The molecule has 0 aliphatic carbocycles. The fourth-order valence-corrected chi connectivity index (χ4v) is 2.33. The number of benzene rings is 2. The quantitative estimate of drug-likeness (QED) is 0.583. The van der Waals surface area contributed by atoms with Crippen LogP contribution in [0.3, 0.4) is 0 Å². The molecule has 27 heavy (non-hydrogen) atoms. The molecule has 0 heterocycles. The molecule has 0 atom stereocenters. The summed E-state index contributed by atoms with van der Waals surface area (Å²) < 4.78 is 4.96. The van der Waals surface area contributed by atoms with Crippen molar-refractivity contribution in [3.05, 3.63) is 58.6 Å². The lowest BCUT2D eigenvalue weighted by atomic mass is 10.2. The zero-order chi connectivity index (χ0) is 20.0. The van der Waals surface area contributed by atoms with E-state index in [1.54, 1.807) is 18.2 Å². The van der Waals surface area contributed by atoms with E-state index < -0.39 is 18.5 Å². The molecule has 8 heteroatoms. The number of ether oxygens (including phenoxy) is 1. The molecule has 3 N–H and O–H groups in total. The van der Waals surface area contributed by atoms with Crippen LogP contribution in [-0.2, 0) is 14.3 Å². The van der Waals surface area contributed by atoms with E-state index in [2.05, 4.69) is 5.32 Å². The Bertz CT molecular complexity index is 853. The average Bonchev–Trinajstić information content (AvgIpc) is 2.63. The number of esters is 1. The fraction of sp³-hybridized carbons (Fsp3) is 0.211. The molecule has 142 valence electrons. The van der Waals surface area contributed by atoms with Crippen molar-refractivity contribution >= 4 is 40.8 Å². The first-order valence-corrected chi connectivity index (χ1v) is 8.46. The minimum absolute atomic E-state index is 0.0788. The van der Waals surface area contributed by atoms with Crippen molar-refractivity contribution < 1.29 is 19.1 Å². The number of nitrogens with two attached hydrogens (primary N) is 1. The van der Waals surface area contributed by atoms with Crippen molar-refractivity contribution in [1.82, 2.24) is 4.90 Å². The first kappa shape index (κ1) is 20.3. The van der Waals surface area contributed by atoms with E-state index in [1.807, 2.05) is 19.1 Å². The molecule has 2 aromatic rings. The van der Waals surface area contributed by atoms with Gasteiger partial charge in [0.15, 0.2) is 6.61 Å². The standard InChI is InChI=1S/C19H20ClN3O4/c1-12-3-6-14(7-4-12)22-17(24)10-23(2)18(25)11-27-19(26)15-9-13(20)5-8-16(15)21/h3-9H,10-11,21H2,1-2H3,(H,22,24). The SMILES string of the molecule is Cc1ccc(NC(=O)CN(C)C(=O)COC(=O)c2cc(Cl)ccc2N)cc1. The molecular formula is C19H20ClN3O4. The summed E-state index contributed by atoms with van der Waals surface area (Å²) in [6, 6.07) is 11.7. The molecule has 0 aromatic heterocycles. The second kappa shape index (κ2) is 9.05. The van der Waals surface area contributed by atoms with Gasteiger partial charge >= 0.3 is 5.97 Å². The molecule has 0 aliphatic heterocycles. The Kier molecular flexibility index (Phi) is 6.79. The van der Waals surface area contributed by atoms with Gasteiger partial charge in [-0.2, -0.15) is 0 Å². The predicted octanol–water partition coefficient (Wildman–Crippen LogP) is 2.48. The van der Waals surface area contributed by atoms with Crippen LogP contribution in [-0.4, -0.2) is 42.9 Å². The van der Waals surface area contributed by atoms with E-state index >= 15 is 0 Å². The number of amides is 2. The van der Waals surface area contributed by atoms with Gasteiger partial charge in [0.05, 0.1) is 12.1 Å². The van der Waals surface area contributed by atoms with Gasteiger partial charge in [-0.15, -0.1) is 0 Å². The van der Waals surface area contributed by atoms with Crippen LogP contribution in [0, 0.1) is 6.92 Å². The van der Waals surface area contributed by atoms with Gasteiger partial charge in [0, 0.05) is 23.4 Å². The number of anilines is 2. The first-order valence-electron chi connectivity index (χ1n) is 8.09. The number of likely N-dealkylation sites (N-methyl/N-ethyl adjacent to an activating group) is 1. The number of rotatable bonds is 6. The summed E-state index contributed by atoms with van der Waals surface area (Å²) in [6.45, 7) is 1.25. The summed E-state index contributed by atoms with van der Waals surface area (Å²) in [5, 5.41) is 3.01. The molecule has 0 fully saturated rings. The number of aryl methyl sites for hydroxylation is 1. The van der Waals surface area contributed by atoms with Crippen LogP contribution in [0.15, 0.2) is 42.5 Å². The van der Waals surface area contributed by atoms with Crippen LogP contribution in [0.5, 0.6) is 0 Å². The Hall–Kier alpha value is -3.06. The van der Waals surface area contributed by atoms with Crippen LogP contribution in [0.25, 0.3) is 0 Å². The lowest BCUT2D eigenvalue weighted by molar-refractivity contribution is -0.136. The van der Waals surface area contributed by atoms with E-state index in [0.717, 1.165) is 10.5 Å². The molecule has 2 amide bonds. The number of nitrogen functional groups attached to an aromatic ring is 1. The number of hydrogen-bond donors (Lipinski definition) is 2. The Morgan fingerprint density at radius 3 is 2.48 bits per heavy atom. The van der Waals surface area contributed by atoms with Crippen LogP contribution < -0.4 is 11.1 Å². The summed E-state index contributed by atoms with van der Waals surface area (Å²) in [6.07, 6.45) is 0. The molecule has 2 aromatic carbocycles. The van der Waals surface area contributed by atoms with Crippen LogP contribution in [0.4, 0.5) is 11.4 Å². The second-order valence-electron chi connectivity index (χ2n) is 5.97. The molecule has 0 aliphatic rings. The third kappa shape index (κ3) is 6.00. The van der Waals surface area contributed by atoms with E-state index in [4.69, 9.17) is 22.1 Å². The Morgan fingerprint density at radius 1 is 1.15 bits per heavy atom. The summed E-state index contributed by atoms with van der Waals surface area (Å²) in [5.41, 5.74) is 7.68. The number of carbonyl (C=O) groups is 3. The minimum atomic E-state index is -0.763.